The highest BCUT2D eigenvalue weighted by Gasteiger charge is 2.45. The van der Waals surface area contributed by atoms with Crippen molar-refractivity contribution in [1.29, 1.82) is 0 Å². The van der Waals surface area contributed by atoms with Crippen LogP contribution in [0.1, 0.15) is 73.7 Å². The minimum absolute atomic E-state index is 0.0340. The van der Waals surface area contributed by atoms with Gasteiger partial charge in [-0.3, -0.25) is 9.69 Å². The molecule has 8 nitrogen and oxygen atoms in total. The first kappa shape index (κ1) is 28.5. The number of carboxylic acid groups (broad SMARTS) is 1. The molecule has 0 bridgehead atoms. The van der Waals surface area contributed by atoms with E-state index < -0.39 is 12.1 Å². The summed E-state index contributed by atoms with van der Waals surface area (Å²) in [5.74, 6) is -0.824. The molecule has 1 unspecified atom stereocenters. The van der Waals surface area contributed by atoms with Crippen LogP contribution < -0.4 is 4.74 Å². The summed E-state index contributed by atoms with van der Waals surface area (Å²) in [6, 6.07) is 10.2. The lowest BCUT2D eigenvalue weighted by molar-refractivity contribution is -0.192. The zero-order valence-corrected chi connectivity index (χ0v) is 21.4. The number of carboxylic acids is 1. The Morgan fingerprint density at radius 1 is 1.11 bits per heavy atom. The molecule has 1 N–H and O–H groups in total. The highest BCUT2D eigenvalue weighted by Crippen LogP contribution is 2.39. The summed E-state index contributed by atoms with van der Waals surface area (Å²) < 4.78 is 42.4. The quantitative estimate of drug-likeness (QED) is 0.580. The molecule has 37 heavy (non-hydrogen) atoms. The van der Waals surface area contributed by atoms with Crippen molar-refractivity contribution in [2.75, 3.05) is 26.7 Å². The van der Waals surface area contributed by atoms with Crippen LogP contribution in [0.3, 0.4) is 0 Å². The van der Waals surface area contributed by atoms with Crippen LogP contribution >= 0.6 is 0 Å². The number of rotatable bonds is 5. The van der Waals surface area contributed by atoms with Crippen LogP contribution in [-0.2, 0) is 11.3 Å². The first-order chi connectivity index (χ1) is 17.4. The predicted octanol–water partition coefficient (Wildman–Crippen LogP) is 5.10. The Morgan fingerprint density at radius 3 is 2.27 bits per heavy atom. The Hall–Kier alpha value is -3.08. The summed E-state index contributed by atoms with van der Waals surface area (Å²) in [4.78, 5) is 26.8. The van der Waals surface area contributed by atoms with Gasteiger partial charge in [-0.1, -0.05) is 31.1 Å². The van der Waals surface area contributed by atoms with Crippen molar-refractivity contribution in [2.45, 2.75) is 70.1 Å². The number of benzene rings is 1. The number of hydrogen-bond donors (Lipinski definition) is 1. The van der Waals surface area contributed by atoms with Gasteiger partial charge in [-0.15, -0.1) is 0 Å². The Labute approximate surface area is 214 Å². The molecule has 4 rings (SSSR count). The average molecular weight is 526 g/mol. The summed E-state index contributed by atoms with van der Waals surface area (Å²) in [5.41, 5.74) is 1.72. The molecule has 3 heterocycles. The average Bonchev–Trinajstić information content (AvgIpc) is 3.46. The maximum Gasteiger partial charge on any atom is 0.490 e. The number of aliphatic carboxylic acids is 1. The molecule has 2 aliphatic heterocycles. The minimum atomic E-state index is -5.08. The molecule has 2 aromatic rings. The third-order valence-corrected chi connectivity index (χ3v) is 6.98. The number of amides is 1. The fourth-order valence-corrected chi connectivity index (χ4v) is 4.96. The maximum atomic E-state index is 13.3. The predicted molar refractivity (Wildman–Crippen MR) is 129 cm³/mol. The molecule has 1 amide bonds. The van der Waals surface area contributed by atoms with Gasteiger partial charge in [0.25, 0.3) is 5.91 Å². The van der Waals surface area contributed by atoms with E-state index in [1.165, 1.54) is 5.56 Å². The van der Waals surface area contributed by atoms with Crippen LogP contribution in [0.25, 0.3) is 0 Å². The van der Waals surface area contributed by atoms with Gasteiger partial charge in [-0.05, 0) is 56.3 Å². The number of halogens is 3. The number of nitrogens with zero attached hydrogens (tertiary/aromatic N) is 3. The van der Waals surface area contributed by atoms with Gasteiger partial charge < -0.3 is 19.3 Å². The van der Waals surface area contributed by atoms with Crippen LogP contribution in [0, 0.1) is 0 Å². The van der Waals surface area contributed by atoms with Crippen LogP contribution in [-0.4, -0.2) is 70.4 Å². The van der Waals surface area contributed by atoms with E-state index in [0.717, 1.165) is 69.8 Å². The van der Waals surface area contributed by atoms with Gasteiger partial charge in [0.15, 0.2) is 5.69 Å². The van der Waals surface area contributed by atoms with E-state index in [2.05, 4.69) is 40.9 Å². The topological polar surface area (TPSA) is 96.1 Å². The molecule has 1 aromatic carbocycles. The molecule has 2 fully saturated rings. The number of carbonyl (C=O) groups is 2. The van der Waals surface area contributed by atoms with Crippen LogP contribution in [0.15, 0.2) is 34.9 Å². The van der Waals surface area contributed by atoms with Crippen LogP contribution in [0.5, 0.6) is 5.75 Å². The first-order valence-electron chi connectivity index (χ1n) is 12.4. The smallest absolute Gasteiger partial charge is 0.490 e. The Bertz CT molecular complexity index is 1050. The van der Waals surface area contributed by atoms with Crippen molar-refractivity contribution in [3.05, 3.63) is 47.3 Å². The molecule has 1 aromatic heterocycles. The fraction of sp³-hybridized carbons (Fsp3) is 0.577. The molecule has 2 saturated heterocycles. The van der Waals surface area contributed by atoms with Gasteiger partial charge >= 0.3 is 12.1 Å². The standard InChI is InChI=1S/C24H33N3O3.C2HF3O2/c1-18(2)22-16-21(25-30-22)23(28)27-14-5-11-24(27)10-4-13-26(15-12-24)17-19-6-8-20(29-3)9-7-19;3-2(4,5)1(6)7/h6-9,16,18H,4-5,10-15,17H2,1-3H3;(H,6,7). The molecule has 0 radical (unpaired) electrons. The number of alkyl halides is 3. The molecule has 0 saturated carbocycles. The Balaban J connectivity index is 0.000000479. The van der Waals surface area contributed by atoms with Crippen molar-refractivity contribution >= 4 is 11.9 Å². The summed E-state index contributed by atoms with van der Waals surface area (Å²) in [6.07, 6.45) is 0.260. The van der Waals surface area contributed by atoms with E-state index in [9.17, 15) is 18.0 Å². The van der Waals surface area contributed by atoms with Gasteiger partial charge in [0.1, 0.15) is 11.5 Å². The number of methoxy groups -OCH3 is 1. The van der Waals surface area contributed by atoms with Gasteiger partial charge in [0, 0.05) is 37.2 Å². The fourth-order valence-electron chi connectivity index (χ4n) is 4.96. The molecule has 204 valence electrons. The van der Waals surface area contributed by atoms with Crippen molar-refractivity contribution < 1.29 is 37.1 Å². The normalized spacial score (nSPS) is 20.5. The molecule has 0 aliphatic carbocycles. The van der Waals surface area contributed by atoms with Gasteiger partial charge in [-0.25, -0.2) is 4.79 Å². The maximum absolute atomic E-state index is 13.3. The van der Waals surface area contributed by atoms with Gasteiger partial charge in [-0.2, -0.15) is 13.2 Å². The Morgan fingerprint density at radius 2 is 1.73 bits per heavy atom. The van der Waals surface area contributed by atoms with E-state index in [-0.39, 0.29) is 17.4 Å². The lowest BCUT2D eigenvalue weighted by Crippen LogP contribution is -2.48. The Kier molecular flexibility index (Phi) is 9.22. The third-order valence-electron chi connectivity index (χ3n) is 6.98. The lowest BCUT2D eigenvalue weighted by atomic mass is 9.87. The molecule has 11 heteroatoms. The summed E-state index contributed by atoms with van der Waals surface area (Å²) in [7, 11) is 1.70. The molecular weight excluding hydrogens is 491 g/mol. The summed E-state index contributed by atoms with van der Waals surface area (Å²) >= 11 is 0. The number of likely N-dealkylation sites (tertiary alicyclic amines) is 2. The molecule has 1 spiro atoms. The number of hydrogen-bond acceptors (Lipinski definition) is 6. The van der Waals surface area contributed by atoms with Crippen molar-refractivity contribution in [3.63, 3.8) is 0 Å². The molecule has 2 aliphatic rings. The number of aromatic nitrogens is 1. The van der Waals surface area contributed by atoms with E-state index in [1.54, 1.807) is 7.11 Å². The summed E-state index contributed by atoms with van der Waals surface area (Å²) in [5, 5.41) is 11.2. The second-order valence-electron chi connectivity index (χ2n) is 9.83. The van der Waals surface area contributed by atoms with Crippen LogP contribution in [0.4, 0.5) is 13.2 Å². The van der Waals surface area contributed by atoms with Crippen molar-refractivity contribution in [1.82, 2.24) is 15.0 Å². The monoisotopic (exact) mass is 525 g/mol. The van der Waals surface area contributed by atoms with Crippen molar-refractivity contribution in [2.24, 2.45) is 0 Å². The number of carbonyl (C=O) groups excluding carboxylic acids is 1. The second-order valence-corrected chi connectivity index (χ2v) is 9.83. The zero-order valence-electron chi connectivity index (χ0n) is 21.4. The highest BCUT2D eigenvalue weighted by molar-refractivity contribution is 5.93. The van der Waals surface area contributed by atoms with Crippen molar-refractivity contribution in [3.8, 4) is 5.75 Å². The van der Waals surface area contributed by atoms with E-state index in [4.69, 9.17) is 19.2 Å². The minimum Gasteiger partial charge on any atom is -0.497 e. The molecular formula is C26H34F3N3O5. The second kappa shape index (κ2) is 12.0. The van der Waals surface area contributed by atoms with Gasteiger partial charge in [0.2, 0.25) is 0 Å². The zero-order chi connectivity index (χ0) is 27.2. The van der Waals surface area contributed by atoms with E-state index >= 15 is 0 Å². The van der Waals surface area contributed by atoms with Crippen LogP contribution in [0.2, 0.25) is 0 Å². The first-order valence-corrected chi connectivity index (χ1v) is 12.4. The molecule has 1 atom stereocenters. The number of ether oxygens (including phenoxy) is 1. The summed E-state index contributed by atoms with van der Waals surface area (Å²) in [6.45, 7) is 7.93. The highest BCUT2D eigenvalue weighted by atomic mass is 19.4. The van der Waals surface area contributed by atoms with E-state index in [1.807, 2.05) is 18.2 Å². The SMILES string of the molecule is COc1ccc(CN2CCCC3(CCCN3C(=O)c3cc(C(C)C)on3)CC2)cc1.O=C(O)C(F)(F)F. The third kappa shape index (κ3) is 7.24. The van der Waals surface area contributed by atoms with Gasteiger partial charge in [0.05, 0.1) is 7.11 Å². The largest absolute Gasteiger partial charge is 0.497 e. The lowest BCUT2D eigenvalue weighted by Gasteiger charge is -2.37. The van der Waals surface area contributed by atoms with E-state index in [0.29, 0.717) is 5.69 Å².